The lowest BCUT2D eigenvalue weighted by atomic mass is 10.1. The Morgan fingerprint density at radius 1 is 1.11 bits per heavy atom. The first kappa shape index (κ1) is 25.6. The standard InChI is InChI=1S/C26H22BrNO7S/c1-15-4-6-16(7-5-15)14-34-23-19(27)10-17(11-21(23)32-2)12-22-24(29)28(26(31)36-22)13-18-8-9-20(35-18)25(30)33-3/h4-12H,13-14H2,1-3H3/b22-12+. The van der Waals surface area contributed by atoms with Crippen LogP contribution < -0.4 is 9.47 Å². The lowest BCUT2D eigenvalue weighted by molar-refractivity contribution is -0.123. The molecule has 0 unspecified atom stereocenters. The first-order chi connectivity index (χ1) is 17.3. The molecule has 10 heteroatoms. The van der Waals surface area contributed by atoms with Crippen molar-refractivity contribution < 1.29 is 33.0 Å². The third-order valence-corrected chi connectivity index (χ3v) is 6.79. The SMILES string of the molecule is COC(=O)c1ccc(CN2C(=O)S/C(=C/c3cc(Br)c(OCc4ccc(C)cc4)c(OC)c3)C2=O)o1. The summed E-state index contributed by atoms with van der Waals surface area (Å²) in [6, 6.07) is 14.5. The highest BCUT2D eigenvalue weighted by Gasteiger charge is 2.36. The second-order valence-corrected chi connectivity index (χ2v) is 9.68. The second kappa shape index (κ2) is 11.0. The molecule has 0 aliphatic carbocycles. The maximum Gasteiger partial charge on any atom is 0.373 e. The summed E-state index contributed by atoms with van der Waals surface area (Å²) in [4.78, 5) is 38.3. The van der Waals surface area contributed by atoms with E-state index in [2.05, 4.69) is 20.7 Å². The summed E-state index contributed by atoms with van der Waals surface area (Å²) >= 11 is 4.35. The van der Waals surface area contributed by atoms with Gasteiger partial charge in [0.15, 0.2) is 11.5 Å². The van der Waals surface area contributed by atoms with E-state index in [1.54, 1.807) is 18.2 Å². The van der Waals surface area contributed by atoms with Gasteiger partial charge in [0.05, 0.1) is 30.1 Å². The van der Waals surface area contributed by atoms with E-state index in [-0.39, 0.29) is 17.2 Å². The molecule has 0 radical (unpaired) electrons. The van der Waals surface area contributed by atoms with Gasteiger partial charge in [0.1, 0.15) is 12.4 Å². The zero-order valence-corrected chi connectivity index (χ0v) is 22.1. The molecule has 2 aromatic carbocycles. The van der Waals surface area contributed by atoms with Gasteiger partial charge >= 0.3 is 5.97 Å². The molecule has 4 rings (SSSR count). The number of carbonyl (C=O) groups excluding carboxylic acids is 3. The van der Waals surface area contributed by atoms with Crippen molar-refractivity contribution in [2.45, 2.75) is 20.1 Å². The van der Waals surface area contributed by atoms with Crippen LogP contribution in [0.5, 0.6) is 11.5 Å². The van der Waals surface area contributed by atoms with Crippen molar-refractivity contribution in [3.8, 4) is 11.5 Å². The molecule has 0 bridgehead atoms. The van der Waals surface area contributed by atoms with Gasteiger partial charge < -0.3 is 18.6 Å². The van der Waals surface area contributed by atoms with Crippen LogP contribution in [-0.2, 0) is 22.7 Å². The molecule has 3 aromatic rings. The molecule has 0 saturated carbocycles. The van der Waals surface area contributed by atoms with E-state index in [9.17, 15) is 14.4 Å². The van der Waals surface area contributed by atoms with Crippen LogP contribution in [0.4, 0.5) is 4.79 Å². The van der Waals surface area contributed by atoms with Crippen molar-refractivity contribution in [3.63, 3.8) is 0 Å². The number of aryl methyl sites for hydroxylation is 1. The van der Waals surface area contributed by atoms with Gasteiger partial charge in [-0.05, 0) is 76.1 Å². The number of benzene rings is 2. The monoisotopic (exact) mass is 571 g/mol. The van der Waals surface area contributed by atoms with E-state index in [4.69, 9.17) is 13.9 Å². The van der Waals surface area contributed by atoms with Crippen LogP contribution in [0, 0.1) is 6.92 Å². The van der Waals surface area contributed by atoms with E-state index < -0.39 is 17.1 Å². The van der Waals surface area contributed by atoms with Gasteiger partial charge in [-0.2, -0.15) is 0 Å². The van der Waals surface area contributed by atoms with E-state index in [1.165, 1.54) is 31.9 Å². The van der Waals surface area contributed by atoms with Crippen LogP contribution in [0.15, 0.2) is 62.3 Å². The Labute approximate surface area is 220 Å². The fraction of sp³-hybridized carbons (Fsp3) is 0.192. The van der Waals surface area contributed by atoms with Gasteiger partial charge in [-0.25, -0.2) is 4.79 Å². The Morgan fingerprint density at radius 3 is 2.56 bits per heavy atom. The zero-order valence-electron chi connectivity index (χ0n) is 19.7. The Kier molecular flexibility index (Phi) is 7.85. The lowest BCUT2D eigenvalue weighted by Gasteiger charge is -2.14. The Hall–Kier alpha value is -3.50. The summed E-state index contributed by atoms with van der Waals surface area (Å²) in [5.41, 5.74) is 2.84. The molecule has 1 fully saturated rings. The number of carbonyl (C=O) groups is 3. The Morgan fingerprint density at radius 2 is 1.86 bits per heavy atom. The van der Waals surface area contributed by atoms with E-state index >= 15 is 0 Å². The van der Waals surface area contributed by atoms with Crippen LogP contribution in [0.1, 0.15) is 33.0 Å². The molecule has 1 saturated heterocycles. The number of furan rings is 1. The molecule has 0 atom stereocenters. The molecule has 8 nitrogen and oxygen atoms in total. The van der Waals surface area contributed by atoms with Crippen LogP contribution in [-0.4, -0.2) is 36.2 Å². The minimum Gasteiger partial charge on any atom is -0.493 e. The molecule has 1 aliphatic rings. The normalized spacial score (nSPS) is 14.4. The molecule has 1 aliphatic heterocycles. The molecular formula is C26H22BrNO7S. The van der Waals surface area contributed by atoms with Crippen molar-refractivity contribution in [2.24, 2.45) is 0 Å². The third kappa shape index (κ3) is 5.66. The van der Waals surface area contributed by atoms with Gasteiger partial charge in [0, 0.05) is 0 Å². The van der Waals surface area contributed by atoms with Crippen molar-refractivity contribution in [1.82, 2.24) is 4.90 Å². The van der Waals surface area contributed by atoms with Crippen LogP contribution >= 0.6 is 27.7 Å². The smallest absolute Gasteiger partial charge is 0.373 e. The third-order valence-electron chi connectivity index (χ3n) is 5.29. The number of thioether (sulfide) groups is 1. The first-order valence-electron chi connectivity index (χ1n) is 10.8. The van der Waals surface area contributed by atoms with Crippen LogP contribution in [0.25, 0.3) is 6.08 Å². The number of hydrogen-bond donors (Lipinski definition) is 0. The second-order valence-electron chi connectivity index (χ2n) is 7.83. The first-order valence-corrected chi connectivity index (χ1v) is 12.4. The fourth-order valence-electron chi connectivity index (χ4n) is 3.42. The number of ether oxygens (including phenoxy) is 3. The highest BCUT2D eigenvalue weighted by Crippen LogP contribution is 2.39. The maximum atomic E-state index is 12.9. The average Bonchev–Trinajstić information content (AvgIpc) is 3.44. The summed E-state index contributed by atoms with van der Waals surface area (Å²) in [5.74, 6) is 0.197. The fourth-order valence-corrected chi connectivity index (χ4v) is 4.83. The highest BCUT2D eigenvalue weighted by molar-refractivity contribution is 9.10. The predicted molar refractivity (Wildman–Crippen MR) is 138 cm³/mol. The summed E-state index contributed by atoms with van der Waals surface area (Å²) in [6.07, 6.45) is 1.62. The van der Waals surface area contributed by atoms with Gasteiger partial charge in [-0.1, -0.05) is 29.8 Å². The number of hydrogen-bond acceptors (Lipinski definition) is 8. The predicted octanol–water partition coefficient (Wildman–Crippen LogP) is 5.96. The number of nitrogens with zero attached hydrogens (tertiary/aromatic N) is 1. The quantitative estimate of drug-likeness (QED) is 0.241. The Balaban J connectivity index is 1.50. The topological polar surface area (TPSA) is 95.3 Å². The van der Waals surface area contributed by atoms with Gasteiger partial charge in [0.2, 0.25) is 5.76 Å². The van der Waals surface area contributed by atoms with Gasteiger partial charge in [-0.3, -0.25) is 14.5 Å². The number of esters is 1. The van der Waals surface area contributed by atoms with Crippen LogP contribution in [0.2, 0.25) is 0 Å². The van der Waals surface area contributed by atoms with Crippen molar-refractivity contribution in [2.75, 3.05) is 14.2 Å². The summed E-state index contributed by atoms with van der Waals surface area (Å²) in [6.45, 7) is 2.28. The number of rotatable bonds is 8. The minimum atomic E-state index is -0.638. The minimum absolute atomic E-state index is 0.00311. The lowest BCUT2D eigenvalue weighted by Crippen LogP contribution is -2.27. The van der Waals surface area contributed by atoms with Gasteiger partial charge in [0.25, 0.3) is 11.1 Å². The van der Waals surface area contributed by atoms with Gasteiger partial charge in [-0.15, -0.1) is 0 Å². The number of amides is 2. The molecule has 0 spiro atoms. The number of imide groups is 1. The van der Waals surface area contributed by atoms with E-state index in [0.29, 0.717) is 33.9 Å². The largest absolute Gasteiger partial charge is 0.493 e. The van der Waals surface area contributed by atoms with Crippen molar-refractivity contribution in [1.29, 1.82) is 0 Å². The number of methoxy groups -OCH3 is 2. The molecule has 0 N–H and O–H groups in total. The molecule has 2 heterocycles. The number of halogens is 1. The van der Waals surface area contributed by atoms with Crippen LogP contribution in [0.3, 0.4) is 0 Å². The highest BCUT2D eigenvalue weighted by atomic mass is 79.9. The molecule has 2 amide bonds. The van der Waals surface area contributed by atoms with Crippen molar-refractivity contribution in [3.05, 3.63) is 86.1 Å². The Bertz CT molecular complexity index is 1350. The molecule has 36 heavy (non-hydrogen) atoms. The maximum absolute atomic E-state index is 12.9. The van der Waals surface area contributed by atoms with E-state index in [1.807, 2.05) is 31.2 Å². The molecular weight excluding hydrogens is 550 g/mol. The summed E-state index contributed by atoms with van der Waals surface area (Å²) in [5, 5.41) is -0.439. The average molecular weight is 572 g/mol. The molecule has 1 aromatic heterocycles. The summed E-state index contributed by atoms with van der Waals surface area (Å²) in [7, 11) is 2.77. The molecule has 186 valence electrons. The summed E-state index contributed by atoms with van der Waals surface area (Å²) < 4.78 is 22.1. The van der Waals surface area contributed by atoms with E-state index in [0.717, 1.165) is 22.2 Å². The van der Waals surface area contributed by atoms with Crippen molar-refractivity contribution >= 4 is 50.9 Å². The zero-order chi connectivity index (χ0) is 25.8.